The van der Waals surface area contributed by atoms with Crippen LogP contribution >= 0.6 is 11.3 Å². The van der Waals surface area contributed by atoms with E-state index < -0.39 is 5.60 Å². The zero-order valence-electron chi connectivity index (χ0n) is 19.1. The first kappa shape index (κ1) is 24.5. The summed E-state index contributed by atoms with van der Waals surface area (Å²) in [5.41, 5.74) is -0.466. The molecular formula is C22H38N4O3S. The molecule has 0 spiro atoms. The summed E-state index contributed by atoms with van der Waals surface area (Å²) < 4.78 is 11.2. The lowest BCUT2D eigenvalue weighted by molar-refractivity contribution is 0.0170. The van der Waals surface area contributed by atoms with Crippen LogP contribution in [-0.4, -0.2) is 68.5 Å². The van der Waals surface area contributed by atoms with Gasteiger partial charge in [0.25, 0.3) is 0 Å². The zero-order chi connectivity index (χ0) is 22.0. The van der Waals surface area contributed by atoms with Gasteiger partial charge >= 0.3 is 6.09 Å². The number of aliphatic imine (C=N–C) groups is 1. The van der Waals surface area contributed by atoms with Crippen molar-refractivity contribution in [3.8, 4) is 0 Å². The van der Waals surface area contributed by atoms with Crippen LogP contribution in [-0.2, 0) is 9.47 Å². The van der Waals surface area contributed by atoms with E-state index in [9.17, 15) is 4.79 Å². The molecule has 0 aliphatic carbocycles. The smallest absolute Gasteiger partial charge is 0.407 e. The molecule has 30 heavy (non-hydrogen) atoms. The minimum Gasteiger partial charge on any atom is -0.444 e. The highest BCUT2D eigenvalue weighted by Crippen LogP contribution is 2.20. The van der Waals surface area contributed by atoms with E-state index in [4.69, 9.17) is 9.47 Å². The third-order valence-corrected chi connectivity index (χ3v) is 6.00. The fourth-order valence-corrected chi connectivity index (χ4v) is 4.10. The van der Waals surface area contributed by atoms with E-state index >= 15 is 0 Å². The Kier molecular flexibility index (Phi) is 9.91. The SMILES string of the molecule is CN=C(NCC(C)c1cccs1)N1CCC(OCCCNC(=O)OC(C)(C)C)CC1. The highest BCUT2D eigenvalue weighted by atomic mass is 32.1. The first-order valence-electron chi connectivity index (χ1n) is 10.9. The molecule has 0 saturated carbocycles. The van der Waals surface area contributed by atoms with E-state index in [2.05, 4.69) is 45.0 Å². The van der Waals surface area contributed by atoms with Crippen LogP contribution in [0.1, 0.15) is 57.8 Å². The van der Waals surface area contributed by atoms with Crippen LogP contribution in [0.15, 0.2) is 22.5 Å². The quantitative estimate of drug-likeness (QED) is 0.367. The summed E-state index contributed by atoms with van der Waals surface area (Å²) in [7, 11) is 1.85. The minimum absolute atomic E-state index is 0.269. The number of nitrogens with one attached hydrogen (secondary N) is 2. The maximum Gasteiger partial charge on any atom is 0.407 e. The summed E-state index contributed by atoms with van der Waals surface area (Å²) in [6, 6.07) is 4.29. The lowest BCUT2D eigenvalue weighted by atomic mass is 10.1. The second kappa shape index (κ2) is 12.2. The first-order chi connectivity index (χ1) is 14.3. The van der Waals surface area contributed by atoms with Crippen molar-refractivity contribution in [3.05, 3.63) is 22.4 Å². The molecule has 170 valence electrons. The molecule has 1 saturated heterocycles. The van der Waals surface area contributed by atoms with Gasteiger partial charge in [-0.2, -0.15) is 0 Å². The number of piperidine rings is 1. The van der Waals surface area contributed by atoms with Crippen molar-refractivity contribution < 1.29 is 14.3 Å². The molecule has 0 aromatic carbocycles. The molecule has 1 amide bonds. The summed E-state index contributed by atoms with van der Waals surface area (Å²) in [6.45, 7) is 11.8. The summed E-state index contributed by atoms with van der Waals surface area (Å²) >= 11 is 1.80. The van der Waals surface area contributed by atoms with Gasteiger partial charge in [-0.25, -0.2) is 4.79 Å². The number of guanidine groups is 1. The monoisotopic (exact) mass is 438 g/mol. The average Bonchev–Trinajstić information content (AvgIpc) is 3.22. The number of alkyl carbamates (subject to hydrolysis) is 1. The van der Waals surface area contributed by atoms with E-state index in [1.165, 1.54) is 4.88 Å². The number of nitrogens with zero attached hydrogens (tertiary/aromatic N) is 2. The topological polar surface area (TPSA) is 75.2 Å². The Morgan fingerprint density at radius 1 is 1.33 bits per heavy atom. The van der Waals surface area contributed by atoms with E-state index in [0.717, 1.165) is 44.9 Å². The van der Waals surface area contributed by atoms with Crippen LogP contribution in [0.2, 0.25) is 0 Å². The molecule has 1 aliphatic heterocycles. The van der Waals surface area contributed by atoms with Gasteiger partial charge in [-0.3, -0.25) is 4.99 Å². The van der Waals surface area contributed by atoms with Gasteiger partial charge in [0.05, 0.1) is 6.10 Å². The van der Waals surface area contributed by atoms with Gasteiger partial charge < -0.3 is 25.0 Å². The Labute approximate surface area is 185 Å². The molecule has 1 aromatic heterocycles. The predicted molar refractivity (Wildman–Crippen MR) is 123 cm³/mol. The molecule has 1 aliphatic rings. The van der Waals surface area contributed by atoms with Crippen molar-refractivity contribution in [1.82, 2.24) is 15.5 Å². The van der Waals surface area contributed by atoms with Gasteiger partial charge in [-0.15, -0.1) is 11.3 Å². The van der Waals surface area contributed by atoms with Crippen molar-refractivity contribution in [2.45, 2.75) is 64.6 Å². The molecule has 2 N–H and O–H groups in total. The first-order valence-corrected chi connectivity index (χ1v) is 11.7. The number of hydrogen-bond donors (Lipinski definition) is 2. The molecule has 8 heteroatoms. The molecule has 0 bridgehead atoms. The van der Waals surface area contributed by atoms with Crippen LogP contribution in [0.4, 0.5) is 4.79 Å². The van der Waals surface area contributed by atoms with E-state index in [0.29, 0.717) is 19.1 Å². The number of amides is 1. The van der Waals surface area contributed by atoms with Gasteiger partial charge in [-0.1, -0.05) is 13.0 Å². The molecular weight excluding hydrogens is 400 g/mol. The Morgan fingerprint density at radius 3 is 2.67 bits per heavy atom. The summed E-state index contributed by atoms with van der Waals surface area (Å²) in [6.07, 6.45) is 2.65. The normalized spacial score (nSPS) is 17.0. The number of carbonyl (C=O) groups excluding carboxylic acids is 1. The summed E-state index contributed by atoms with van der Waals surface area (Å²) in [5.74, 6) is 1.44. The molecule has 7 nitrogen and oxygen atoms in total. The van der Waals surface area contributed by atoms with Crippen molar-refractivity contribution in [2.24, 2.45) is 4.99 Å². The van der Waals surface area contributed by atoms with Gasteiger partial charge in [0.15, 0.2) is 5.96 Å². The van der Waals surface area contributed by atoms with Crippen LogP contribution in [0.25, 0.3) is 0 Å². The van der Waals surface area contributed by atoms with Gasteiger partial charge in [0.2, 0.25) is 0 Å². The number of rotatable bonds is 8. The second-order valence-electron chi connectivity index (χ2n) is 8.68. The largest absolute Gasteiger partial charge is 0.444 e. The summed E-state index contributed by atoms with van der Waals surface area (Å²) in [4.78, 5) is 19.8. The predicted octanol–water partition coefficient (Wildman–Crippen LogP) is 3.82. The van der Waals surface area contributed by atoms with Gasteiger partial charge in [-0.05, 0) is 51.5 Å². The van der Waals surface area contributed by atoms with E-state index in [-0.39, 0.29) is 12.2 Å². The zero-order valence-corrected chi connectivity index (χ0v) is 19.9. The van der Waals surface area contributed by atoms with E-state index in [1.807, 2.05) is 27.8 Å². The van der Waals surface area contributed by atoms with Crippen LogP contribution in [0.3, 0.4) is 0 Å². The minimum atomic E-state index is -0.466. The second-order valence-corrected chi connectivity index (χ2v) is 9.66. The average molecular weight is 439 g/mol. The van der Waals surface area contributed by atoms with E-state index in [1.54, 1.807) is 11.3 Å². The van der Waals surface area contributed by atoms with Gasteiger partial charge in [0.1, 0.15) is 5.60 Å². The molecule has 2 rings (SSSR count). The van der Waals surface area contributed by atoms with Crippen molar-refractivity contribution >= 4 is 23.4 Å². The van der Waals surface area contributed by atoms with Crippen LogP contribution in [0.5, 0.6) is 0 Å². The fourth-order valence-electron chi connectivity index (χ4n) is 3.31. The number of thiophene rings is 1. The van der Waals surface area contributed by atoms with Crippen LogP contribution in [0, 0.1) is 0 Å². The summed E-state index contributed by atoms with van der Waals surface area (Å²) in [5, 5.41) is 8.41. The molecule has 1 atom stereocenters. The van der Waals surface area contributed by atoms with Crippen molar-refractivity contribution in [1.29, 1.82) is 0 Å². The highest BCUT2D eigenvalue weighted by molar-refractivity contribution is 7.10. The maximum absolute atomic E-state index is 11.6. The molecule has 1 fully saturated rings. The van der Waals surface area contributed by atoms with Gasteiger partial charge in [0, 0.05) is 50.6 Å². The molecule has 1 unspecified atom stereocenters. The third kappa shape index (κ3) is 8.92. The number of hydrogen-bond acceptors (Lipinski definition) is 5. The number of likely N-dealkylation sites (tertiary alicyclic amines) is 1. The molecule has 1 aromatic rings. The van der Waals surface area contributed by atoms with Crippen molar-refractivity contribution in [3.63, 3.8) is 0 Å². The Hall–Kier alpha value is -1.80. The third-order valence-electron chi connectivity index (χ3n) is 4.89. The Balaban J connectivity index is 1.59. The molecule has 0 radical (unpaired) electrons. The Bertz CT molecular complexity index is 650. The number of ether oxygens (including phenoxy) is 2. The molecule has 2 heterocycles. The van der Waals surface area contributed by atoms with Crippen LogP contribution < -0.4 is 10.6 Å². The van der Waals surface area contributed by atoms with Crippen molar-refractivity contribution in [2.75, 3.05) is 39.8 Å². The lowest BCUT2D eigenvalue weighted by Gasteiger charge is -2.34. The fraction of sp³-hybridized carbons (Fsp3) is 0.727. The Morgan fingerprint density at radius 2 is 2.07 bits per heavy atom. The maximum atomic E-state index is 11.6. The standard InChI is InChI=1S/C22H38N4O3S/c1-17(19-8-6-15-30-19)16-25-20(23-5)26-12-9-18(10-13-26)28-14-7-11-24-21(27)29-22(2,3)4/h6,8,15,17-18H,7,9-14,16H2,1-5H3,(H,23,25)(H,24,27). The lowest BCUT2D eigenvalue weighted by Crippen LogP contribution is -2.47. The number of carbonyl (C=O) groups is 1. The highest BCUT2D eigenvalue weighted by Gasteiger charge is 2.22.